The van der Waals surface area contributed by atoms with Crippen LogP contribution in [0.2, 0.25) is 0 Å². The largest absolute Gasteiger partial charge is 0.756 e. The number of nitrogens with one attached hydrogen (secondary N) is 1. The quantitative estimate of drug-likeness (QED) is 0.0212. The number of carbonyl (C=O) groups excluding carboxylic acids is 2. The number of ether oxygens (including phenoxy) is 1. The number of phosphoric ester groups is 1. The highest BCUT2D eigenvalue weighted by Crippen LogP contribution is 2.38. The summed E-state index contributed by atoms with van der Waals surface area (Å²) in [7, 11) is 1.15. The molecule has 9 nitrogen and oxygen atoms in total. The maximum Gasteiger partial charge on any atom is 0.306 e. The van der Waals surface area contributed by atoms with Crippen molar-refractivity contribution in [3.63, 3.8) is 0 Å². The molecule has 0 aromatic heterocycles. The average molecular weight is 1050 g/mol. The predicted molar refractivity (Wildman–Crippen MR) is 316 cm³/mol. The summed E-state index contributed by atoms with van der Waals surface area (Å²) in [6.07, 6.45) is 72.0. The number of hydrogen-bond donors (Lipinski definition) is 1. The molecule has 424 valence electrons. The van der Waals surface area contributed by atoms with Gasteiger partial charge in [0, 0.05) is 12.8 Å². The smallest absolute Gasteiger partial charge is 0.306 e. The average Bonchev–Trinajstić information content (AvgIpc) is 3.36. The molecular formula is C64H111N2O7P. The Hall–Kier alpha value is -3.33. The van der Waals surface area contributed by atoms with Crippen molar-refractivity contribution >= 4 is 19.7 Å². The molecule has 0 aliphatic rings. The Morgan fingerprint density at radius 2 is 0.865 bits per heavy atom. The second-order valence-corrected chi connectivity index (χ2v) is 22.1. The number of quaternary nitrogens is 1. The first-order chi connectivity index (χ1) is 35.9. The van der Waals surface area contributed by atoms with Gasteiger partial charge in [0.1, 0.15) is 19.3 Å². The Morgan fingerprint density at radius 3 is 1.30 bits per heavy atom. The number of allylic oxidation sites excluding steroid dienone is 17. The molecule has 0 aromatic rings. The molecule has 10 heteroatoms. The van der Waals surface area contributed by atoms with E-state index in [2.05, 4.69) is 123 Å². The summed E-state index contributed by atoms with van der Waals surface area (Å²) in [5.74, 6) is -0.588. The van der Waals surface area contributed by atoms with Crippen molar-refractivity contribution < 1.29 is 37.3 Å². The second-order valence-electron chi connectivity index (χ2n) is 20.7. The topological polar surface area (TPSA) is 114 Å². The van der Waals surface area contributed by atoms with Crippen LogP contribution in [-0.2, 0) is 27.9 Å². The van der Waals surface area contributed by atoms with E-state index in [9.17, 15) is 19.0 Å². The molecule has 0 saturated heterocycles. The number of esters is 1. The second kappa shape index (κ2) is 53.1. The lowest BCUT2D eigenvalue weighted by Crippen LogP contribution is -2.47. The summed E-state index contributed by atoms with van der Waals surface area (Å²) >= 11 is 0. The van der Waals surface area contributed by atoms with E-state index in [1.54, 1.807) is 0 Å². The minimum Gasteiger partial charge on any atom is -0.756 e. The summed E-state index contributed by atoms with van der Waals surface area (Å²) < 4.78 is 30.2. The van der Waals surface area contributed by atoms with Gasteiger partial charge in [-0.05, 0) is 109 Å². The molecule has 1 N–H and O–H groups in total. The van der Waals surface area contributed by atoms with Gasteiger partial charge in [-0.2, -0.15) is 0 Å². The van der Waals surface area contributed by atoms with Crippen LogP contribution in [-0.4, -0.2) is 69.4 Å². The van der Waals surface area contributed by atoms with E-state index in [1.165, 1.54) is 64.2 Å². The third kappa shape index (κ3) is 53.5. The fraction of sp³-hybridized carbons (Fsp3) is 0.688. The Kier molecular flexibility index (Phi) is 50.7. The van der Waals surface area contributed by atoms with Crippen molar-refractivity contribution in [1.82, 2.24) is 5.32 Å². The Morgan fingerprint density at radius 1 is 0.486 bits per heavy atom. The third-order valence-electron chi connectivity index (χ3n) is 12.4. The van der Waals surface area contributed by atoms with Crippen LogP contribution in [0.25, 0.3) is 0 Å². The van der Waals surface area contributed by atoms with Crippen LogP contribution in [0, 0.1) is 0 Å². The van der Waals surface area contributed by atoms with Crippen LogP contribution >= 0.6 is 7.82 Å². The van der Waals surface area contributed by atoms with Gasteiger partial charge >= 0.3 is 5.97 Å². The molecule has 0 fully saturated rings. The number of unbranched alkanes of at least 4 members (excludes halogenated alkanes) is 20. The fourth-order valence-electron chi connectivity index (χ4n) is 7.91. The summed E-state index contributed by atoms with van der Waals surface area (Å²) in [4.78, 5) is 39.9. The summed E-state index contributed by atoms with van der Waals surface area (Å²) in [5.41, 5.74) is 0. The first kappa shape index (κ1) is 70.7. The van der Waals surface area contributed by atoms with Gasteiger partial charge in [0.2, 0.25) is 5.91 Å². The van der Waals surface area contributed by atoms with Gasteiger partial charge < -0.3 is 28.5 Å². The Bertz CT molecular complexity index is 1640. The Labute approximate surface area is 455 Å². The highest BCUT2D eigenvalue weighted by Gasteiger charge is 2.27. The number of carbonyl (C=O) groups is 2. The fourth-order valence-corrected chi connectivity index (χ4v) is 8.64. The zero-order valence-corrected chi connectivity index (χ0v) is 49.1. The molecule has 0 rings (SSSR count). The van der Waals surface area contributed by atoms with Gasteiger partial charge in [0.25, 0.3) is 7.82 Å². The zero-order chi connectivity index (χ0) is 54.3. The van der Waals surface area contributed by atoms with Crippen molar-refractivity contribution in [3.8, 4) is 0 Å². The predicted octanol–water partition coefficient (Wildman–Crippen LogP) is 17.5. The van der Waals surface area contributed by atoms with Crippen LogP contribution in [0.4, 0.5) is 0 Å². The molecule has 0 saturated carbocycles. The van der Waals surface area contributed by atoms with Crippen molar-refractivity contribution in [2.45, 2.75) is 245 Å². The molecule has 0 bridgehead atoms. The van der Waals surface area contributed by atoms with Crippen molar-refractivity contribution in [2.75, 3.05) is 40.9 Å². The molecule has 0 aliphatic carbocycles. The van der Waals surface area contributed by atoms with Gasteiger partial charge in [-0.1, -0.05) is 220 Å². The van der Waals surface area contributed by atoms with E-state index >= 15 is 0 Å². The molecule has 0 radical (unpaired) electrons. The molecular weight excluding hydrogens is 940 g/mol. The van der Waals surface area contributed by atoms with Crippen molar-refractivity contribution in [1.29, 1.82) is 0 Å². The lowest BCUT2D eigenvalue weighted by Gasteiger charge is -2.30. The van der Waals surface area contributed by atoms with Crippen molar-refractivity contribution in [2.24, 2.45) is 0 Å². The summed E-state index contributed by atoms with van der Waals surface area (Å²) in [6, 6.07) is -0.909. The standard InChI is InChI=1S/C64H111N2O7P/c1-7-10-13-16-19-22-25-27-29-30-31-32-33-34-35-36-37-39-42-45-48-51-54-57-64(68)73-62(55-52-49-46-43-40-24-21-18-15-12-9-3)61(60-72-74(69,70)71-59-58-66(4,5)6)65-63(67)56-53-50-47-44-41-38-28-26-23-20-17-14-11-8-2/h10-11,13-14,19-20,22-23,27,29,31-32,34-35,37,39,52,55,61-62H,7-9,12,15-18,21,24-26,28,30,33,36,38,40-51,53-54,56-60H2,1-6H3,(H-,65,67,69,70)/b13-10-,14-11+,22-19-,23-20+,29-27-,32-31-,35-34-,39-37-,55-52-. The molecule has 0 aliphatic heterocycles. The van der Waals surface area contributed by atoms with Crippen LogP contribution in [0.1, 0.15) is 233 Å². The summed E-state index contributed by atoms with van der Waals surface area (Å²) in [5, 5.41) is 3.01. The molecule has 0 spiro atoms. The van der Waals surface area contributed by atoms with E-state index in [-0.39, 0.29) is 24.9 Å². The van der Waals surface area contributed by atoms with Gasteiger partial charge in [0.05, 0.1) is 33.8 Å². The highest BCUT2D eigenvalue weighted by atomic mass is 31.2. The van der Waals surface area contributed by atoms with E-state index in [0.717, 1.165) is 128 Å². The van der Waals surface area contributed by atoms with E-state index < -0.39 is 26.6 Å². The van der Waals surface area contributed by atoms with Crippen molar-refractivity contribution in [3.05, 3.63) is 109 Å². The van der Waals surface area contributed by atoms with E-state index in [1.807, 2.05) is 33.3 Å². The summed E-state index contributed by atoms with van der Waals surface area (Å²) in [6.45, 7) is 6.57. The molecule has 1 amide bonds. The van der Waals surface area contributed by atoms with Gasteiger partial charge in [-0.15, -0.1) is 0 Å². The number of nitrogens with zero attached hydrogens (tertiary/aromatic N) is 1. The van der Waals surface area contributed by atoms with E-state index in [0.29, 0.717) is 23.9 Å². The molecule has 3 unspecified atom stereocenters. The number of hydrogen-bond acceptors (Lipinski definition) is 7. The monoisotopic (exact) mass is 1050 g/mol. The number of likely N-dealkylation sites (N-methyl/N-ethyl adjacent to an activating group) is 1. The molecule has 3 atom stereocenters. The van der Waals surface area contributed by atoms with Crippen LogP contribution in [0.5, 0.6) is 0 Å². The van der Waals surface area contributed by atoms with Crippen LogP contribution in [0.3, 0.4) is 0 Å². The minimum atomic E-state index is -4.71. The van der Waals surface area contributed by atoms with Gasteiger partial charge in [-0.25, -0.2) is 0 Å². The number of rotatable bonds is 52. The Balaban J connectivity index is 5.29. The maximum atomic E-state index is 13.5. The molecule has 74 heavy (non-hydrogen) atoms. The lowest BCUT2D eigenvalue weighted by atomic mass is 10.1. The third-order valence-corrected chi connectivity index (χ3v) is 13.4. The van der Waals surface area contributed by atoms with Crippen LogP contribution < -0.4 is 10.2 Å². The first-order valence-electron chi connectivity index (χ1n) is 29.7. The van der Waals surface area contributed by atoms with E-state index in [4.69, 9.17) is 13.8 Å². The van der Waals surface area contributed by atoms with Crippen LogP contribution in [0.15, 0.2) is 109 Å². The zero-order valence-electron chi connectivity index (χ0n) is 48.3. The normalized spacial score (nSPS) is 14.5. The number of amides is 1. The van der Waals surface area contributed by atoms with Gasteiger partial charge in [-0.3, -0.25) is 14.2 Å². The first-order valence-corrected chi connectivity index (χ1v) is 31.2. The lowest BCUT2D eigenvalue weighted by molar-refractivity contribution is -0.870. The highest BCUT2D eigenvalue weighted by molar-refractivity contribution is 7.45. The molecule has 0 aromatic carbocycles. The molecule has 0 heterocycles. The maximum absolute atomic E-state index is 13.5. The number of phosphoric acid groups is 1. The van der Waals surface area contributed by atoms with Gasteiger partial charge in [0.15, 0.2) is 0 Å². The SMILES string of the molecule is CC/C=C\C/C=C\C/C=C\C/C=C\C/C=C\C/C=C\CCCCCCC(=O)OC(/C=C\CCCCCCCCCCC)C(COP(=O)([O-])OCC[N+](C)(C)C)NC(=O)CCCCCCCCC/C=C/C/C=C/CC. The minimum absolute atomic E-state index is 0.0340.